The maximum Gasteiger partial charge on any atom is 0.272 e. The molecule has 2 aromatic rings. The molecule has 3 rings (SSSR count). The molecular weight excluding hydrogens is 340 g/mol. The van der Waals surface area contributed by atoms with Gasteiger partial charge in [0.1, 0.15) is 17.3 Å². The van der Waals surface area contributed by atoms with Crippen LogP contribution < -0.4 is 0 Å². The Balaban J connectivity index is 1.84. The fourth-order valence-electron chi connectivity index (χ4n) is 3.54. The quantitative estimate of drug-likeness (QED) is 0.883. The average molecular weight is 363 g/mol. The fraction of sp³-hybridized carbons (Fsp3) is 0.474. The van der Waals surface area contributed by atoms with Crippen LogP contribution >= 0.6 is 0 Å². The molecule has 7 heteroatoms. The number of nitrogens with one attached hydrogen (secondary N) is 1. The van der Waals surface area contributed by atoms with E-state index in [2.05, 4.69) is 10.2 Å². The lowest BCUT2D eigenvalue weighted by molar-refractivity contribution is 0.0310. The second kappa shape index (κ2) is 7.95. The number of amides is 1. The van der Waals surface area contributed by atoms with Crippen molar-refractivity contribution in [3.63, 3.8) is 0 Å². The summed E-state index contributed by atoms with van der Waals surface area (Å²) in [6, 6.07) is 5.04. The van der Waals surface area contributed by atoms with Gasteiger partial charge in [0.25, 0.3) is 5.91 Å². The summed E-state index contributed by atoms with van der Waals surface area (Å²) in [7, 11) is 1.69. The Morgan fingerprint density at radius 2 is 1.85 bits per heavy atom. The summed E-state index contributed by atoms with van der Waals surface area (Å²) in [5.41, 5.74) is 1.53. The third-order valence-electron chi connectivity index (χ3n) is 4.89. The first-order valence-corrected chi connectivity index (χ1v) is 8.77. The van der Waals surface area contributed by atoms with E-state index in [1.807, 2.05) is 0 Å². The Labute approximate surface area is 151 Å². The minimum absolute atomic E-state index is 0.0103. The number of ether oxygens (including phenoxy) is 1. The zero-order chi connectivity index (χ0) is 18.7. The molecule has 0 unspecified atom stereocenters. The van der Waals surface area contributed by atoms with E-state index in [-0.39, 0.29) is 24.6 Å². The highest BCUT2D eigenvalue weighted by Crippen LogP contribution is 2.27. The lowest BCUT2D eigenvalue weighted by atomic mass is 9.91. The summed E-state index contributed by atoms with van der Waals surface area (Å²) >= 11 is 0. The molecule has 1 heterocycles. The van der Waals surface area contributed by atoms with Crippen LogP contribution in [0.15, 0.2) is 24.3 Å². The molecule has 1 saturated carbocycles. The topological polar surface area (TPSA) is 58.2 Å². The molecule has 1 amide bonds. The van der Waals surface area contributed by atoms with Crippen LogP contribution in [-0.2, 0) is 11.3 Å². The monoisotopic (exact) mass is 363 g/mol. The summed E-state index contributed by atoms with van der Waals surface area (Å²) in [4.78, 5) is 14.7. The number of aryl methyl sites for hydroxylation is 1. The highest BCUT2D eigenvalue weighted by Gasteiger charge is 2.30. The number of methoxy groups -OCH3 is 1. The standard InChI is InChI=1S/C19H23F2N3O2/c1-12-7-18(23-22-12)19(25)24(16-3-5-17(26-2)6-4-16)11-13-8-14(20)10-15(21)9-13/h7-10,16-17H,3-6,11H2,1-2H3,(H,22,23)/t16-,17-. The smallest absolute Gasteiger partial charge is 0.272 e. The van der Waals surface area contributed by atoms with Gasteiger partial charge in [0, 0.05) is 25.8 Å². The van der Waals surface area contributed by atoms with Gasteiger partial charge >= 0.3 is 0 Å². The summed E-state index contributed by atoms with van der Waals surface area (Å²) in [5.74, 6) is -1.50. The highest BCUT2D eigenvalue weighted by molar-refractivity contribution is 5.92. The normalized spacial score (nSPS) is 20.2. The van der Waals surface area contributed by atoms with Gasteiger partial charge < -0.3 is 9.64 Å². The molecular formula is C19H23F2N3O2. The number of aromatic nitrogens is 2. The van der Waals surface area contributed by atoms with E-state index < -0.39 is 11.6 Å². The summed E-state index contributed by atoms with van der Waals surface area (Å²) in [6.07, 6.45) is 3.48. The van der Waals surface area contributed by atoms with Crippen LogP contribution in [0, 0.1) is 18.6 Å². The molecule has 1 N–H and O–H groups in total. The molecule has 26 heavy (non-hydrogen) atoms. The molecule has 0 atom stereocenters. The van der Waals surface area contributed by atoms with Crippen LogP contribution in [0.25, 0.3) is 0 Å². The van der Waals surface area contributed by atoms with Crippen molar-refractivity contribution in [2.24, 2.45) is 0 Å². The largest absolute Gasteiger partial charge is 0.381 e. The van der Waals surface area contributed by atoms with Crippen LogP contribution in [0.4, 0.5) is 8.78 Å². The molecule has 5 nitrogen and oxygen atoms in total. The van der Waals surface area contributed by atoms with Crippen LogP contribution in [0.5, 0.6) is 0 Å². The molecule has 0 aliphatic heterocycles. The van der Waals surface area contributed by atoms with Gasteiger partial charge in [-0.3, -0.25) is 9.89 Å². The third-order valence-corrected chi connectivity index (χ3v) is 4.89. The van der Waals surface area contributed by atoms with Gasteiger partial charge in [-0.05, 0) is 56.4 Å². The Kier molecular flexibility index (Phi) is 5.66. The Morgan fingerprint density at radius 1 is 1.19 bits per heavy atom. The number of nitrogens with zero attached hydrogens (tertiary/aromatic N) is 2. The van der Waals surface area contributed by atoms with Gasteiger partial charge in [-0.2, -0.15) is 5.10 Å². The number of carbonyl (C=O) groups is 1. The van der Waals surface area contributed by atoms with E-state index in [0.717, 1.165) is 31.7 Å². The molecule has 0 spiro atoms. The van der Waals surface area contributed by atoms with Crippen molar-refractivity contribution in [1.82, 2.24) is 15.1 Å². The third kappa shape index (κ3) is 4.27. The highest BCUT2D eigenvalue weighted by atomic mass is 19.1. The van der Waals surface area contributed by atoms with Crippen LogP contribution in [0.1, 0.15) is 47.4 Å². The maximum absolute atomic E-state index is 13.6. The lowest BCUT2D eigenvalue weighted by Gasteiger charge is -2.36. The van der Waals surface area contributed by atoms with Gasteiger partial charge in [-0.25, -0.2) is 8.78 Å². The molecule has 1 aromatic heterocycles. The van der Waals surface area contributed by atoms with E-state index >= 15 is 0 Å². The second-order valence-electron chi connectivity index (χ2n) is 6.80. The minimum atomic E-state index is -0.645. The van der Waals surface area contributed by atoms with Gasteiger partial charge in [0.2, 0.25) is 0 Å². The summed E-state index contributed by atoms with van der Waals surface area (Å²) in [5, 5.41) is 6.75. The fourth-order valence-corrected chi connectivity index (χ4v) is 3.54. The van der Waals surface area contributed by atoms with Crippen molar-refractivity contribution in [3.8, 4) is 0 Å². The van der Waals surface area contributed by atoms with Crippen molar-refractivity contribution >= 4 is 5.91 Å². The van der Waals surface area contributed by atoms with E-state index in [9.17, 15) is 13.6 Å². The van der Waals surface area contributed by atoms with Crippen LogP contribution in [0.2, 0.25) is 0 Å². The number of benzene rings is 1. The first-order chi connectivity index (χ1) is 12.5. The summed E-state index contributed by atoms with van der Waals surface area (Å²) < 4.78 is 32.5. The predicted molar refractivity (Wildman–Crippen MR) is 92.6 cm³/mol. The van der Waals surface area contributed by atoms with Crippen molar-refractivity contribution in [3.05, 3.63) is 52.9 Å². The number of rotatable bonds is 5. The molecule has 1 aromatic carbocycles. The van der Waals surface area contributed by atoms with Gasteiger partial charge in [-0.1, -0.05) is 0 Å². The number of aromatic amines is 1. The molecule has 0 bridgehead atoms. The zero-order valence-electron chi connectivity index (χ0n) is 15.0. The minimum Gasteiger partial charge on any atom is -0.381 e. The molecule has 1 fully saturated rings. The number of halogens is 2. The number of carbonyl (C=O) groups excluding carboxylic acids is 1. The first-order valence-electron chi connectivity index (χ1n) is 8.77. The average Bonchev–Trinajstić information content (AvgIpc) is 3.05. The van der Waals surface area contributed by atoms with E-state index in [0.29, 0.717) is 17.0 Å². The molecule has 0 saturated heterocycles. The van der Waals surface area contributed by atoms with Gasteiger partial charge in [0.05, 0.1) is 11.8 Å². The number of H-pyrrole nitrogens is 1. The van der Waals surface area contributed by atoms with Crippen molar-refractivity contribution in [2.75, 3.05) is 7.11 Å². The number of hydrogen-bond donors (Lipinski definition) is 1. The van der Waals surface area contributed by atoms with Gasteiger partial charge in [0.15, 0.2) is 0 Å². The molecule has 140 valence electrons. The van der Waals surface area contributed by atoms with E-state index in [1.165, 1.54) is 12.1 Å². The van der Waals surface area contributed by atoms with Crippen molar-refractivity contribution in [2.45, 2.75) is 51.3 Å². The van der Waals surface area contributed by atoms with E-state index in [4.69, 9.17) is 4.74 Å². The number of hydrogen-bond acceptors (Lipinski definition) is 3. The lowest BCUT2D eigenvalue weighted by Crippen LogP contribution is -2.43. The van der Waals surface area contributed by atoms with Crippen LogP contribution in [0.3, 0.4) is 0 Å². The zero-order valence-corrected chi connectivity index (χ0v) is 15.0. The Morgan fingerprint density at radius 3 is 2.38 bits per heavy atom. The van der Waals surface area contributed by atoms with Gasteiger partial charge in [-0.15, -0.1) is 0 Å². The second-order valence-corrected chi connectivity index (χ2v) is 6.80. The molecule has 0 radical (unpaired) electrons. The predicted octanol–water partition coefficient (Wildman–Crippen LogP) is 3.60. The summed E-state index contributed by atoms with van der Waals surface area (Å²) in [6.45, 7) is 1.94. The molecule has 1 aliphatic carbocycles. The Bertz CT molecular complexity index is 750. The SMILES string of the molecule is CO[C@H]1CC[C@H](N(Cc2cc(F)cc(F)c2)C(=O)c2cc(C)n[nH]2)CC1. The van der Waals surface area contributed by atoms with Crippen LogP contribution in [-0.4, -0.2) is 40.3 Å². The van der Waals surface area contributed by atoms with Crippen molar-refractivity contribution in [1.29, 1.82) is 0 Å². The maximum atomic E-state index is 13.6. The Hall–Kier alpha value is -2.28. The first kappa shape index (κ1) is 18.5. The molecule has 1 aliphatic rings. The van der Waals surface area contributed by atoms with E-state index in [1.54, 1.807) is 25.0 Å². The van der Waals surface area contributed by atoms with Crippen molar-refractivity contribution < 1.29 is 18.3 Å².